The van der Waals surface area contributed by atoms with Crippen LogP contribution in [0.2, 0.25) is 0 Å². The standard InChI is InChI=1S/C15H14N2/c1-17-9-8-13-10-12(4-7-15(13)17)11-2-5-14(16)6-3-11/h2-10H,16H2,1H3. The largest absolute Gasteiger partial charge is 0.399 e. The summed E-state index contributed by atoms with van der Waals surface area (Å²) in [5, 5.41) is 1.27. The van der Waals surface area contributed by atoms with Crippen LogP contribution >= 0.6 is 0 Å². The SMILES string of the molecule is Cn1ccc2cc(-c3ccc(N)cc3)ccc21. The van der Waals surface area contributed by atoms with Crippen LogP contribution in [0.1, 0.15) is 0 Å². The minimum atomic E-state index is 0.800. The van der Waals surface area contributed by atoms with Gasteiger partial charge < -0.3 is 10.3 Å². The first kappa shape index (κ1) is 9.97. The number of fused-ring (bicyclic) bond motifs is 1. The van der Waals surface area contributed by atoms with Gasteiger partial charge >= 0.3 is 0 Å². The van der Waals surface area contributed by atoms with E-state index < -0.39 is 0 Å². The predicted molar refractivity (Wildman–Crippen MR) is 72.8 cm³/mol. The summed E-state index contributed by atoms with van der Waals surface area (Å²) >= 11 is 0. The number of benzene rings is 2. The Morgan fingerprint density at radius 2 is 1.59 bits per heavy atom. The van der Waals surface area contributed by atoms with Crippen molar-refractivity contribution in [1.82, 2.24) is 4.57 Å². The molecular formula is C15H14N2. The highest BCUT2D eigenvalue weighted by Crippen LogP contribution is 2.25. The lowest BCUT2D eigenvalue weighted by molar-refractivity contribution is 0.969. The van der Waals surface area contributed by atoms with Crippen LogP contribution in [0.5, 0.6) is 0 Å². The van der Waals surface area contributed by atoms with E-state index in [9.17, 15) is 0 Å². The first-order valence-electron chi connectivity index (χ1n) is 5.65. The van der Waals surface area contributed by atoms with Gasteiger partial charge in [0.2, 0.25) is 0 Å². The number of nitrogens with two attached hydrogens (primary N) is 1. The monoisotopic (exact) mass is 222 g/mol. The highest BCUT2D eigenvalue weighted by atomic mass is 14.9. The zero-order valence-electron chi connectivity index (χ0n) is 9.72. The summed E-state index contributed by atoms with van der Waals surface area (Å²) in [6.45, 7) is 0. The van der Waals surface area contributed by atoms with E-state index in [1.165, 1.54) is 22.0 Å². The summed E-state index contributed by atoms with van der Waals surface area (Å²) in [4.78, 5) is 0. The molecule has 17 heavy (non-hydrogen) atoms. The van der Waals surface area contributed by atoms with Crippen molar-refractivity contribution in [3.05, 3.63) is 54.7 Å². The maximum Gasteiger partial charge on any atom is 0.0478 e. The van der Waals surface area contributed by atoms with Crippen LogP contribution in [-0.2, 0) is 7.05 Å². The van der Waals surface area contributed by atoms with Gasteiger partial charge in [0.25, 0.3) is 0 Å². The van der Waals surface area contributed by atoms with Crippen molar-refractivity contribution >= 4 is 16.6 Å². The van der Waals surface area contributed by atoms with Crippen LogP contribution in [-0.4, -0.2) is 4.57 Å². The molecule has 1 heterocycles. The lowest BCUT2D eigenvalue weighted by Gasteiger charge is -2.03. The summed E-state index contributed by atoms with van der Waals surface area (Å²) in [6, 6.07) is 16.6. The molecule has 0 unspecified atom stereocenters. The molecule has 0 saturated heterocycles. The molecule has 0 fully saturated rings. The molecule has 3 rings (SSSR count). The summed E-state index contributed by atoms with van der Waals surface area (Å²) in [5.41, 5.74) is 10.2. The lowest BCUT2D eigenvalue weighted by Crippen LogP contribution is -1.85. The van der Waals surface area contributed by atoms with Gasteiger partial charge in [-0.2, -0.15) is 0 Å². The third kappa shape index (κ3) is 1.68. The maximum atomic E-state index is 5.70. The van der Waals surface area contributed by atoms with Crippen LogP contribution in [0.25, 0.3) is 22.0 Å². The van der Waals surface area contributed by atoms with Gasteiger partial charge in [0, 0.05) is 29.8 Å². The zero-order chi connectivity index (χ0) is 11.8. The molecule has 0 bridgehead atoms. The second-order valence-corrected chi connectivity index (χ2v) is 4.32. The Bertz CT molecular complexity index is 663. The number of aryl methyl sites for hydroxylation is 1. The van der Waals surface area contributed by atoms with Crippen molar-refractivity contribution in [2.75, 3.05) is 5.73 Å². The van der Waals surface area contributed by atoms with Crippen molar-refractivity contribution in [3.8, 4) is 11.1 Å². The van der Waals surface area contributed by atoms with Gasteiger partial charge in [-0.05, 0) is 41.5 Å². The Kier molecular flexibility index (Phi) is 2.15. The quantitative estimate of drug-likeness (QED) is 0.628. The van der Waals surface area contributed by atoms with Crippen LogP contribution in [0, 0.1) is 0 Å². The normalized spacial score (nSPS) is 10.9. The summed E-state index contributed by atoms with van der Waals surface area (Å²) in [6.07, 6.45) is 2.08. The summed E-state index contributed by atoms with van der Waals surface area (Å²) in [5.74, 6) is 0. The van der Waals surface area contributed by atoms with Gasteiger partial charge in [0.05, 0.1) is 0 Å². The van der Waals surface area contributed by atoms with Gasteiger partial charge in [-0.3, -0.25) is 0 Å². The van der Waals surface area contributed by atoms with Crippen LogP contribution in [0.15, 0.2) is 54.7 Å². The fraction of sp³-hybridized carbons (Fsp3) is 0.0667. The Balaban J connectivity index is 2.14. The van der Waals surface area contributed by atoms with Crippen molar-refractivity contribution < 1.29 is 0 Å². The summed E-state index contributed by atoms with van der Waals surface area (Å²) in [7, 11) is 2.06. The molecule has 0 spiro atoms. The van der Waals surface area contributed by atoms with E-state index in [1.54, 1.807) is 0 Å². The first-order chi connectivity index (χ1) is 8.24. The van der Waals surface area contributed by atoms with Crippen molar-refractivity contribution in [1.29, 1.82) is 0 Å². The van der Waals surface area contributed by atoms with Crippen molar-refractivity contribution in [2.24, 2.45) is 7.05 Å². The number of nitrogen functional groups attached to an aromatic ring is 1. The molecule has 1 aromatic heterocycles. The summed E-state index contributed by atoms with van der Waals surface area (Å²) < 4.78 is 2.13. The molecular weight excluding hydrogens is 208 g/mol. The van der Waals surface area contributed by atoms with Gasteiger partial charge in [0.1, 0.15) is 0 Å². The van der Waals surface area contributed by atoms with E-state index in [4.69, 9.17) is 5.73 Å². The van der Waals surface area contributed by atoms with Gasteiger partial charge in [0.15, 0.2) is 0 Å². The fourth-order valence-corrected chi connectivity index (χ4v) is 2.14. The minimum absolute atomic E-state index is 0.800. The molecule has 0 radical (unpaired) electrons. The Morgan fingerprint density at radius 3 is 2.35 bits per heavy atom. The number of anilines is 1. The number of nitrogens with zero attached hydrogens (tertiary/aromatic N) is 1. The minimum Gasteiger partial charge on any atom is -0.399 e. The molecule has 2 nitrogen and oxygen atoms in total. The fourth-order valence-electron chi connectivity index (χ4n) is 2.14. The van der Waals surface area contributed by atoms with Crippen LogP contribution < -0.4 is 5.73 Å². The van der Waals surface area contributed by atoms with E-state index in [0.29, 0.717) is 0 Å². The number of rotatable bonds is 1. The molecule has 2 aromatic carbocycles. The molecule has 0 aliphatic carbocycles. The van der Waals surface area contributed by atoms with Gasteiger partial charge in [-0.25, -0.2) is 0 Å². The predicted octanol–water partition coefficient (Wildman–Crippen LogP) is 3.43. The average molecular weight is 222 g/mol. The third-order valence-electron chi connectivity index (χ3n) is 3.13. The van der Waals surface area contributed by atoms with E-state index in [-0.39, 0.29) is 0 Å². The molecule has 0 aliphatic rings. The van der Waals surface area contributed by atoms with Crippen molar-refractivity contribution in [2.45, 2.75) is 0 Å². The highest BCUT2D eigenvalue weighted by molar-refractivity contribution is 5.85. The van der Waals surface area contributed by atoms with E-state index in [1.807, 2.05) is 12.1 Å². The molecule has 3 aromatic rings. The van der Waals surface area contributed by atoms with Crippen LogP contribution in [0.4, 0.5) is 5.69 Å². The van der Waals surface area contributed by atoms with E-state index >= 15 is 0 Å². The Morgan fingerprint density at radius 1 is 0.882 bits per heavy atom. The topological polar surface area (TPSA) is 30.9 Å². The average Bonchev–Trinajstić information content (AvgIpc) is 2.72. The molecule has 0 aliphatic heterocycles. The Hall–Kier alpha value is -2.22. The number of hydrogen-bond donors (Lipinski definition) is 1. The molecule has 0 atom stereocenters. The maximum absolute atomic E-state index is 5.70. The van der Waals surface area contributed by atoms with Crippen LogP contribution in [0.3, 0.4) is 0 Å². The lowest BCUT2D eigenvalue weighted by atomic mass is 10.0. The molecule has 0 amide bonds. The van der Waals surface area contributed by atoms with Gasteiger partial charge in [-0.1, -0.05) is 18.2 Å². The number of hydrogen-bond acceptors (Lipinski definition) is 1. The van der Waals surface area contributed by atoms with E-state index in [2.05, 4.69) is 54.2 Å². The van der Waals surface area contributed by atoms with E-state index in [0.717, 1.165) is 5.69 Å². The first-order valence-corrected chi connectivity index (χ1v) is 5.65. The number of aromatic nitrogens is 1. The third-order valence-corrected chi connectivity index (χ3v) is 3.13. The smallest absolute Gasteiger partial charge is 0.0478 e. The Labute approximate surface area is 100 Å². The second-order valence-electron chi connectivity index (χ2n) is 4.32. The molecule has 84 valence electrons. The van der Waals surface area contributed by atoms with Gasteiger partial charge in [-0.15, -0.1) is 0 Å². The molecule has 2 heteroatoms. The highest BCUT2D eigenvalue weighted by Gasteiger charge is 2.01. The molecule has 2 N–H and O–H groups in total. The molecule has 0 saturated carbocycles. The zero-order valence-corrected chi connectivity index (χ0v) is 9.72. The second kappa shape index (κ2) is 3.67. The van der Waals surface area contributed by atoms with Crippen molar-refractivity contribution in [3.63, 3.8) is 0 Å².